The van der Waals surface area contributed by atoms with Crippen molar-refractivity contribution in [3.05, 3.63) is 78.9 Å². The summed E-state index contributed by atoms with van der Waals surface area (Å²) in [5, 5.41) is 8.61. The van der Waals surface area contributed by atoms with E-state index in [0.717, 1.165) is 24.2 Å². The maximum absolute atomic E-state index is 10.5. The van der Waals surface area contributed by atoms with Crippen molar-refractivity contribution >= 4 is 5.97 Å². The molecule has 3 heteroatoms. The largest absolute Gasteiger partial charge is 0.494 e. The van der Waals surface area contributed by atoms with E-state index >= 15 is 0 Å². The van der Waals surface area contributed by atoms with Crippen LogP contribution in [0.15, 0.2) is 78.9 Å². The molecule has 1 N–H and O–H groups in total. The van der Waals surface area contributed by atoms with Crippen molar-refractivity contribution in [1.82, 2.24) is 0 Å². The Morgan fingerprint density at radius 3 is 1.74 bits per heavy atom. The molecule has 3 aromatic carbocycles. The van der Waals surface area contributed by atoms with Gasteiger partial charge in [-0.15, -0.1) is 0 Å². The lowest BCUT2D eigenvalue weighted by Gasteiger charge is -2.08. The first kappa shape index (κ1) is 18.7. The summed E-state index contributed by atoms with van der Waals surface area (Å²) in [5.74, 6) is 0.112. The smallest absolute Gasteiger partial charge is 0.303 e. The van der Waals surface area contributed by atoms with Crippen molar-refractivity contribution < 1.29 is 14.6 Å². The van der Waals surface area contributed by atoms with Crippen LogP contribution >= 0.6 is 0 Å². The quantitative estimate of drug-likeness (QED) is 0.473. The molecule has 3 aromatic rings. The molecule has 3 rings (SSSR count). The molecule has 0 radical (unpaired) electrons. The molecule has 0 aromatic heterocycles. The van der Waals surface area contributed by atoms with Gasteiger partial charge in [0, 0.05) is 6.42 Å². The van der Waals surface area contributed by atoms with E-state index in [0.29, 0.717) is 13.0 Å². The third kappa shape index (κ3) is 5.71. The predicted molar refractivity (Wildman–Crippen MR) is 109 cm³/mol. The van der Waals surface area contributed by atoms with Crippen LogP contribution in [-0.2, 0) is 4.79 Å². The molecule has 0 saturated carbocycles. The van der Waals surface area contributed by atoms with Gasteiger partial charge in [-0.3, -0.25) is 4.79 Å². The van der Waals surface area contributed by atoms with E-state index < -0.39 is 5.97 Å². The van der Waals surface area contributed by atoms with Crippen LogP contribution in [0.4, 0.5) is 0 Å². The zero-order valence-corrected chi connectivity index (χ0v) is 15.3. The molecule has 0 bridgehead atoms. The van der Waals surface area contributed by atoms with Gasteiger partial charge in [0.05, 0.1) is 6.61 Å². The third-order valence-electron chi connectivity index (χ3n) is 4.48. The summed E-state index contributed by atoms with van der Waals surface area (Å²) in [6.45, 7) is 0.616. The van der Waals surface area contributed by atoms with Gasteiger partial charge in [-0.05, 0) is 53.6 Å². The highest BCUT2D eigenvalue weighted by atomic mass is 16.5. The summed E-state index contributed by atoms with van der Waals surface area (Å²) < 4.78 is 5.73. The van der Waals surface area contributed by atoms with Crippen LogP contribution in [0.25, 0.3) is 22.3 Å². The van der Waals surface area contributed by atoms with Crippen LogP contribution in [0.1, 0.15) is 25.7 Å². The van der Waals surface area contributed by atoms with Crippen molar-refractivity contribution in [2.45, 2.75) is 25.7 Å². The Balaban J connectivity index is 1.52. The van der Waals surface area contributed by atoms with Crippen molar-refractivity contribution in [3.63, 3.8) is 0 Å². The number of aliphatic carboxylic acids is 1. The number of carboxylic acid groups (broad SMARTS) is 1. The van der Waals surface area contributed by atoms with E-state index in [1.54, 1.807) is 0 Å². The normalized spacial score (nSPS) is 10.5. The molecular weight excluding hydrogens is 336 g/mol. The van der Waals surface area contributed by atoms with Gasteiger partial charge >= 0.3 is 5.97 Å². The van der Waals surface area contributed by atoms with E-state index in [1.807, 2.05) is 30.3 Å². The number of ether oxygens (including phenoxy) is 1. The minimum Gasteiger partial charge on any atom is -0.494 e. The highest BCUT2D eigenvalue weighted by Crippen LogP contribution is 2.26. The van der Waals surface area contributed by atoms with Crippen molar-refractivity contribution in [2.75, 3.05) is 6.61 Å². The minimum atomic E-state index is -0.733. The minimum absolute atomic E-state index is 0.234. The summed E-state index contributed by atoms with van der Waals surface area (Å²) in [6.07, 6.45) is 2.68. The lowest BCUT2D eigenvalue weighted by atomic mass is 10.0. The van der Waals surface area contributed by atoms with Crippen LogP contribution in [0.5, 0.6) is 5.75 Å². The Kier molecular flexibility index (Phi) is 6.64. The Bertz CT molecular complexity index is 837. The predicted octanol–water partition coefficient (Wildman–Crippen LogP) is 6.04. The fourth-order valence-electron chi connectivity index (χ4n) is 2.97. The fourth-order valence-corrected chi connectivity index (χ4v) is 2.97. The fraction of sp³-hybridized carbons (Fsp3) is 0.208. The molecule has 27 heavy (non-hydrogen) atoms. The highest BCUT2D eigenvalue weighted by molar-refractivity contribution is 5.70. The standard InChI is InChI=1S/C24H24O3/c25-24(26)9-5-2-6-18-27-23-16-14-22(15-17-23)21-12-10-20(11-13-21)19-7-3-1-4-8-19/h1,3-4,7-8,10-17H,2,5-6,9,18H2,(H,25,26). The van der Waals surface area contributed by atoms with E-state index in [9.17, 15) is 4.79 Å². The van der Waals surface area contributed by atoms with E-state index in [-0.39, 0.29) is 6.42 Å². The molecule has 0 aliphatic heterocycles. The van der Waals surface area contributed by atoms with Crippen molar-refractivity contribution in [2.24, 2.45) is 0 Å². The monoisotopic (exact) mass is 360 g/mol. The number of hydrogen-bond donors (Lipinski definition) is 1. The summed E-state index contributed by atoms with van der Waals surface area (Å²) in [7, 11) is 0. The topological polar surface area (TPSA) is 46.5 Å². The highest BCUT2D eigenvalue weighted by Gasteiger charge is 2.02. The summed E-state index contributed by atoms with van der Waals surface area (Å²) in [5.41, 5.74) is 4.76. The summed E-state index contributed by atoms with van der Waals surface area (Å²) in [4.78, 5) is 10.5. The zero-order valence-electron chi connectivity index (χ0n) is 15.3. The Morgan fingerprint density at radius 2 is 1.19 bits per heavy atom. The number of unbranched alkanes of at least 4 members (excludes halogenated alkanes) is 2. The Hall–Kier alpha value is -3.07. The summed E-state index contributed by atoms with van der Waals surface area (Å²) in [6, 6.07) is 27.0. The maximum atomic E-state index is 10.5. The van der Waals surface area contributed by atoms with Crippen molar-refractivity contribution in [1.29, 1.82) is 0 Å². The van der Waals surface area contributed by atoms with Gasteiger partial charge in [0.25, 0.3) is 0 Å². The first-order chi connectivity index (χ1) is 13.2. The van der Waals surface area contributed by atoms with Gasteiger partial charge in [0.15, 0.2) is 0 Å². The second-order valence-electron chi connectivity index (χ2n) is 6.52. The van der Waals surface area contributed by atoms with Gasteiger partial charge in [-0.25, -0.2) is 0 Å². The number of hydrogen-bond acceptors (Lipinski definition) is 2. The SMILES string of the molecule is O=C(O)CCCCCOc1ccc(-c2ccc(-c3ccccc3)cc2)cc1. The van der Waals surface area contributed by atoms with Crippen LogP contribution in [0, 0.1) is 0 Å². The molecule has 0 atom stereocenters. The molecular formula is C24H24O3. The molecule has 0 spiro atoms. The second kappa shape index (κ2) is 9.58. The van der Waals surface area contributed by atoms with Gasteiger partial charge in [0.2, 0.25) is 0 Å². The van der Waals surface area contributed by atoms with Crippen LogP contribution in [0.3, 0.4) is 0 Å². The van der Waals surface area contributed by atoms with Crippen LogP contribution in [-0.4, -0.2) is 17.7 Å². The molecule has 0 heterocycles. The number of carbonyl (C=O) groups is 1. The summed E-state index contributed by atoms with van der Waals surface area (Å²) >= 11 is 0. The second-order valence-corrected chi connectivity index (χ2v) is 6.52. The Labute approximate surface area is 160 Å². The van der Waals surface area contributed by atoms with E-state index in [1.165, 1.54) is 16.7 Å². The molecule has 0 fully saturated rings. The van der Waals surface area contributed by atoms with Gasteiger partial charge < -0.3 is 9.84 Å². The first-order valence-electron chi connectivity index (χ1n) is 9.33. The number of benzene rings is 3. The molecule has 138 valence electrons. The average molecular weight is 360 g/mol. The Morgan fingerprint density at radius 1 is 0.667 bits per heavy atom. The lowest BCUT2D eigenvalue weighted by Crippen LogP contribution is -1.99. The van der Waals surface area contributed by atoms with Gasteiger partial charge in [0.1, 0.15) is 5.75 Å². The average Bonchev–Trinajstić information content (AvgIpc) is 2.72. The molecule has 3 nitrogen and oxygen atoms in total. The molecule has 0 saturated heterocycles. The molecule has 0 aliphatic carbocycles. The molecule has 0 amide bonds. The first-order valence-corrected chi connectivity index (χ1v) is 9.33. The zero-order chi connectivity index (χ0) is 18.9. The number of carboxylic acids is 1. The van der Waals surface area contributed by atoms with E-state index in [2.05, 4.69) is 48.5 Å². The molecule has 0 unspecified atom stereocenters. The van der Waals surface area contributed by atoms with Crippen molar-refractivity contribution in [3.8, 4) is 28.0 Å². The van der Waals surface area contributed by atoms with Gasteiger partial charge in [-0.1, -0.05) is 66.7 Å². The maximum Gasteiger partial charge on any atom is 0.303 e. The molecule has 0 aliphatic rings. The van der Waals surface area contributed by atoms with E-state index in [4.69, 9.17) is 9.84 Å². The third-order valence-corrected chi connectivity index (χ3v) is 4.48. The number of rotatable bonds is 9. The van der Waals surface area contributed by atoms with Crippen LogP contribution in [0.2, 0.25) is 0 Å². The van der Waals surface area contributed by atoms with Gasteiger partial charge in [-0.2, -0.15) is 0 Å². The lowest BCUT2D eigenvalue weighted by molar-refractivity contribution is -0.137. The van der Waals surface area contributed by atoms with Crippen LogP contribution < -0.4 is 4.74 Å².